The summed E-state index contributed by atoms with van der Waals surface area (Å²) in [7, 11) is 0. The molecule has 3 aromatic rings. The number of anilines is 1. The summed E-state index contributed by atoms with van der Waals surface area (Å²) in [6.45, 7) is 5.85. The van der Waals surface area contributed by atoms with Crippen LogP contribution in [0.4, 0.5) is 5.82 Å². The van der Waals surface area contributed by atoms with E-state index in [0.29, 0.717) is 5.92 Å². The van der Waals surface area contributed by atoms with E-state index in [2.05, 4.69) is 36.5 Å². The second-order valence-electron chi connectivity index (χ2n) is 5.80. The van der Waals surface area contributed by atoms with E-state index < -0.39 is 0 Å². The van der Waals surface area contributed by atoms with E-state index in [9.17, 15) is 0 Å². The standard InChI is InChI=1S/C15H18N6S/c1-9-17-14(12-5-7-22-15(12)18-9)21-6-3-4-11(8-21)13-16-10(2)19-20-13/h5,7,11H,3-4,6,8H2,1-2H3,(H,16,19,20)/t11-/m0/s1. The van der Waals surface area contributed by atoms with Crippen LogP contribution in [-0.2, 0) is 0 Å². The first-order valence-electron chi connectivity index (χ1n) is 7.56. The number of H-pyrrole nitrogens is 1. The minimum Gasteiger partial charge on any atom is -0.355 e. The predicted molar refractivity (Wildman–Crippen MR) is 87.5 cm³/mol. The van der Waals surface area contributed by atoms with Crippen molar-refractivity contribution >= 4 is 27.4 Å². The van der Waals surface area contributed by atoms with Crippen LogP contribution in [0.3, 0.4) is 0 Å². The summed E-state index contributed by atoms with van der Waals surface area (Å²) in [6.07, 6.45) is 2.26. The van der Waals surface area contributed by atoms with E-state index in [4.69, 9.17) is 4.98 Å². The molecule has 0 radical (unpaired) electrons. The molecule has 6 nitrogen and oxygen atoms in total. The Morgan fingerprint density at radius 3 is 3.00 bits per heavy atom. The van der Waals surface area contributed by atoms with Crippen molar-refractivity contribution in [2.75, 3.05) is 18.0 Å². The van der Waals surface area contributed by atoms with Gasteiger partial charge in [-0.1, -0.05) is 0 Å². The summed E-state index contributed by atoms with van der Waals surface area (Å²) >= 11 is 1.67. The van der Waals surface area contributed by atoms with Crippen molar-refractivity contribution in [3.05, 3.63) is 28.9 Å². The van der Waals surface area contributed by atoms with E-state index in [1.54, 1.807) is 11.3 Å². The maximum Gasteiger partial charge on any atom is 0.155 e. The van der Waals surface area contributed by atoms with Crippen LogP contribution < -0.4 is 4.90 Å². The highest BCUT2D eigenvalue weighted by atomic mass is 32.1. The Kier molecular flexibility index (Phi) is 3.29. The van der Waals surface area contributed by atoms with E-state index in [0.717, 1.165) is 59.4 Å². The Morgan fingerprint density at radius 2 is 2.18 bits per heavy atom. The summed E-state index contributed by atoms with van der Waals surface area (Å²) in [4.78, 5) is 17.2. The molecule has 0 aromatic carbocycles. The Balaban J connectivity index is 1.68. The Bertz CT molecular complexity index is 807. The van der Waals surface area contributed by atoms with Crippen LogP contribution in [0.25, 0.3) is 10.2 Å². The van der Waals surface area contributed by atoms with E-state index in [1.165, 1.54) is 0 Å². The fraction of sp³-hybridized carbons (Fsp3) is 0.467. The Morgan fingerprint density at radius 1 is 1.27 bits per heavy atom. The highest BCUT2D eigenvalue weighted by molar-refractivity contribution is 7.16. The molecule has 0 spiro atoms. The fourth-order valence-corrected chi connectivity index (χ4v) is 3.91. The molecule has 1 atom stereocenters. The first-order valence-corrected chi connectivity index (χ1v) is 8.44. The molecule has 0 aliphatic carbocycles. The van der Waals surface area contributed by atoms with Crippen molar-refractivity contribution in [3.63, 3.8) is 0 Å². The van der Waals surface area contributed by atoms with Gasteiger partial charge < -0.3 is 4.90 Å². The third-order valence-corrected chi connectivity index (χ3v) is 4.92. The summed E-state index contributed by atoms with van der Waals surface area (Å²) < 4.78 is 0. The number of aromatic nitrogens is 5. The van der Waals surface area contributed by atoms with Gasteiger partial charge in [-0.25, -0.2) is 15.0 Å². The maximum absolute atomic E-state index is 4.70. The molecule has 4 heterocycles. The lowest BCUT2D eigenvalue weighted by Gasteiger charge is -2.32. The molecule has 0 saturated carbocycles. The zero-order valence-corrected chi connectivity index (χ0v) is 13.5. The number of piperidine rings is 1. The van der Waals surface area contributed by atoms with Crippen molar-refractivity contribution in [3.8, 4) is 0 Å². The molecular weight excluding hydrogens is 296 g/mol. The number of rotatable bonds is 2. The monoisotopic (exact) mass is 314 g/mol. The number of aromatic amines is 1. The Hall–Kier alpha value is -2.02. The van der Waals surface area contributed by atoms with Gasteiger partial charge in [0, 0.05) is 19.0 Å². The molecule has 1 saturated heterocycles. The second-order valence-corrected chi connectivity index (χ2v) is 6.69. The summed E-state index contributed by atoms with van der Waals surface area (Å²) in [5.41, 5.74) is 0. The molecule has 1 aliphatic rings. The van der Waals surface area contributed by atoms with Crippen LogP contribution >= 0.6 is 11.3 Å². The zero-order valence-electron chi connectivity index (χ0n) is 12.7. The average Bonchev–Trinajstić information content (AvgIpc) is 3.15. The van der Waals surface area contributed by atoms with Crippen LogP contribution in [0.15, 0.2) is 11.4 Å². The van der Waals surface area contributed by atoms with Gasteiger partial charge in [-0.2, -0.15) is 5.10 Å². The number of nitrogens with one attached hydrogen (secondary N) is 1. The number of aryl methyl sites for hydroxylation is 2. The van der Waals surface area contributed by atoms with Crippen LogP contribution in [-0.4, -0.2) is 38.2 Å². The summed E-state index contributed by atoms with van der Waals surface area (Å²) in [5.74, 6) is 4.06. The van der Waals surface area contributed by atoms with Crippen LogP contribution in [0.5, 0.6) is 0 Å². The van der Waals surface area contributed by atoms with Crippen molar-refractivity contribution in [2.45, 2.75) is 32.6 Å². The lowest BCUT2D eigenvalue weighted by molar-refractivity contribution is 0.490. The quantitative estimate of drug-likeness (QED) is 0.787. The third-order valence-electron chi connectivity index (χ3n) is 4.12. The summed E-state index contributed by atoms with van der Waals surface area (Å²) in [5, 5.41) is 10.5. The lowest BCUT2D eigenvalue weighted by Crippen LogP contribution is -2.35. The average molecular weight is 314 g/mol. The number of fused-ring (bicyclic) bond motifs is 1. The van der Waals surface area contributed by atoms with Gasteiger partial charge in [0.1, 0.15) is 22.3 Å². The molecule has 1 fully saturated rings. The first-order chi connectivity index (χ1) is 10.7. The van der Waals surface area contributed by atoms with Gasteiger partial charge in [0.15, 0.2) is 5.82 Å². The number of hydrogen-bond acceptors (Lipinski definition) is 6. The minimum atomic E-state index is 0.364. The van der Waals surface area contributed by atoms with Gasteiger partial charge in [0.05, 0.1) is 5.39 Å². The van der Waals surface area contributed by atoms with E-state index >= 15 is 0 Å². The largest absolute Gasteiger partial charge is 0.355 e. The van der Waals surface area contributed by atoms with Crippen LogP contribution in [0.2, 0.25) is 0 Å². The van der Waals surface area contributed by atoms with Crippen molar-refractivity contribution in [2.24, 2.45) is 0 Å². The molecule has 3 aromatic heterocycles. The highest BCUT2D eigenvalue weighted by Gasteiger charge is 2.26. The van der Waals surface area contributed by atoms with Crippen LogP contribution in [0.1, 0.15) is 36.2 Å². The van der Waals surface area contributed by atoms with Gasteiger partial charge in [-0.3, -0.25) is 5.10 Å². The molecule has 4 rings (SSSR count). The molecule has 7 heteroatoms. The molecule has 1 N–H and O–H groups in total. The van der Waals surface area contributed by atoms with Crippen molar-refractivity contribution in [1.29, 1.82) is 0 Å². The zero-order chi connectivity index (χ0) is 15.1. The van der Waals surface area contributed by atoms with E-state index in [-0.39, 0.29) is 0 Å². The van der Waals surface area contributed by atoms with Gasteiger partial charge in [-0.05, 0) is 38.1 Å². The van der Waals surface area contributed by atoms with Gasteiger partial charge in [-0.15, -0.1) is 11.3 Å². The van der Waals surface area contributed by atoms with E-state index in [1.807, 2.05) is 13.8 Å². The molecule has 0 bridgehead atoms. The lowest BCUT2D eigenvalue weighted by atomic mass is 9.97. The predicted octanol–water partition coefficient (Wildman–Crippen LogP) is 2.81. The minimum absolute atomic E-state index is 0.364. The highest BCUT2D eigenvalue weighted by Crippen LogP contribution is 2.32. The molecule has 0 amide bonds. The Labute approximate surface area is 132 Å². The second kappa shape index (κ2) is 5.31. The fourth-order valence-electron chi connectivity index (χ4n) is 3.11. The first kappa shape index (κ1) is 13.6. The SMILES string of the molecule is Cc1nc(N2CCC[C@H](c3n[nH]c(C)n3)C2)c2ccsc2n1. The smallest absolute Gasteiger partial charge is 0.155 e. The molecular formula is C15H18N6S. The third kappa shape index (κ3) is 2.35. The van der Waals surface area contributed by atoms with Gasteiger partial charge in [0.2, 0.25) is 0 Å². The summed E-state index contributed by atoms with van der Waals surface area (Å²) in [6, 6.07) is 2.12. The van der Waals surface area contributed by atoms with Crippen molar-refractivity contribution in [1.82, 2.24) is 25.1 Å². The molecule has 0 unspecified atom stereocenters. The van der Waals surface area contributed by atoms with Crippen LogP contribution in [0, 0.1) is 13.8 Å². The maximum atomic E-state index is 4.70. The number of thiophene rings is 1. The normalized spacial score (nSPS) is 19.0. The molecule has 22 heavy (non-hydrogen) atoms. The topological polar surface area (TPSA) is 70.6 Å². The van der Waals surface area contributed by atoms with Gasteiger partial charge >= 0.3 is 0 Å². The number of nitrogens with zero attached hydrogens (tertiary/aromatic N) is 5. The van der Waals surface area contributed by atoms with Gasteiger partial charge in [0.25, 0.3) is 0 Å². The molecule has 1 aliphatic heterocycles. The van der Waals surface area contributed by atoms with Crippen molar-refractivity contribution < 1.29 is 0 Å². The molecule has 114 valence electrons. The number of hydrogen-bond donors (Lipinski definition) is 1.